The fourth-order valence-corrected chi connectivity index (χ4v) is 0.882. The van der Waals surface area contributed by atoms with Gasteiger partial charge in [0.2, 0.25) is 5.82 Å². The molecule has 0 radical (unpaired) electrons. The van der Waals surface area contributed by atoms with Crippen molar-refractivity contribution in [1.82, 2.24) is 5.64 Å². The van der Waals surface area contributed by atoms with Gasteiger partial charge in [-0.2, -0.15) is 0 Å². The summed E-state index contributed by atoms with van der Waals surface area (Å²) in [4.78, 5) is 3.90. The molecule has 2 N–H and O–H groups in total. The molecule has 0 unspecified atom stereocenters. The van der Waals surface area contributed by atoms with E-state index in [0.717, 1.165) is 5.64 Å². The summed E-state index contributed by atoms with van der Waals surface area (Å²) < 4.78 is 63.2. The molecular formula is C7H4F5NO2. The van der Waals surface area contributed by atoms with E-state index in [1.807, 2.05) is 0 Å². The number of halogens is 5. The predicted octanol–water partition coefficient (Wildman–Crippen LogP) is 1.79. The molecular weight excluding hydrogens is 225 g/mol. The Hall–Kier alpha value is -1.25. The number of nitrogens with one attached hydrogen (secondary N) is 1. The molecule has 1 aromatic rings. The first-order valence-corrected chi connectivity index (χ1v) is 3.51. The highest BCUT2D eigenvalue weighted by Crippen LogP contribution is 2.23. The van der Waals surface area contributed by atoms with Crippen molar-refractivity contribution in [3.05, 3.63) is 34.6 Å². The molecule has 0 aliphatic heterocycles. The molecule has 15 heavy (non-hydrogen) atoms. The van der Waals surface area contributed by atoms with Crippen LogP contribution in [0.4, 0.5) is 22.0 Å². The monoisotopic (exact) mass is 229 g/mol. The van der Waals surface area contributed by atoms with Crippen LogP contribution in [0.25, 0.3) is 0 Å². The van der Waals surface area contributed by atoms with Gasteiger partial charge in [0.15, 0.2) is 23.3 Å². The van der Waals surface area contributed by atoms with Crippen molar-refractivity contribution in [2.24, 2.45) is 0 Å². The van der Waals surface area contributed by atoms with E-state index in [1.54, 1.807) is 0 Å². The van der Waals surface area contributed by atoms with Crippen LogP contribution in [0.5, 0.6) is 0 Å². The highest BCUT2D eigenvalue weighted by Gasteiger charge is 2.25. The third kappa shape index (κ3) is 2.06. The summed E-state index contributed by atoms with van der Waals surface area (Å²) in [6.07, 6.45) is 0. The molecule has 0 aliphatic rings. The van der Waals surface area contributed by atoms with Gasteiger partial charge in [-0.25, -0.2) is 22.0 Å². The minimum absolute atomic E-state index is 1.01. The van der Waals surface area contributed by atoms with Crippen LogP contribution < -0.4 is 5.64 Å². The Morgan fingerprint density at radius 2 is 1.27 bits per heavy atom. The largest absolute Gasteiger partial charge is 0.292 e. The van der Waals surface area contributed by atoms with E-state index in [1.165, 1.54) is 0 Å². The van der Waals surface area contributed by atoms with Gasteiger partial charge in [-0.1, -0.05) is 5.64 Å². The summed E-state index contributed by atoms with van der Waals surface area (Å²) >= 11 is 0. The molecule has 1 rings (SSSR count). The van der Waals surface area contributed by atoms with Crippen molar-refractivity contribution >= 4 is 0 Å². The van der Waals surface area contributed by atoms with E-state index in [-0.39, 0.29) is 0 Å². The predicted molar refractivity (Wildman–Crippen MR) is 35.9 cm³/mol. The van der Waals surface area contributed by atoms with Gasteiger partial charge >= 0.3 is 0 Å². The van der Waals surface area contributed by atoms with Crippen molar-refractivity contribution in [3.8, 4) is 0 Å². The van der Waals surface area contributed by atoms with Crippen molar-refractivity contribution in [1.29, 1.82) is 0 Å². The molecule has 0 heterocycles. The Morgan fingerprint density at radius 3 is 1.67 bits per heavy atom. The normalized spacial score (nSPS) is 10.8. The average molecular weight is 229 g/mol. The standard InChI is InChI=1S/C7H4F5NO2/c8-3-2(1-15-13-14)4(9)6(11)7(12)5(3)10/h13-14H,1H2. The van der Waals surface area contributed by atoms with Crippen LogP contribution >= 0.6 is 0 Å². The van der Waals surface area contributed by atoms with Crippen LogP contribution in [0.3, 0.4) is 0 Å². The molecule has 0 amide bonds. The maximum atomic E-state index is 12.8. The number of rotatable bonds is 3. The second-order valence-electron chi connectivity index (χ2n) is 2.43. The minimum atomic E-state index is -2.24. The summed E-state index contributed by atoms with van der Waals surface area (Å²) in [5.74, 6) is -10.4. The van der Waals surface area contributed by atoms with Gasteiger partial charge in [0.05, 0.1) is 5.56 Å². The van der Waals surface area contributed by atoms with Gasteiger partial charge in [0.25, 0.3) is 0 Å². The quantitative estimate of drug-likeness (QED) is 0.359. The molecule has 3 nitrogen and oxygen atoms in total. The summed E-state index contributed by atoms with van der Waals surface area (Å²) in [6.45, 7) is -1.01. The van der Waals surface area contributed by atoms with Crippen LogP contribution in [0, 0.1) is 29.1 Å². The second-order valence-corrected chi connectivity index (χ2v) is 2.43. The third-order valence-corrected chi connectivity index (χ3v) is 1.58. The average Bonchev–Trinajstić information content (AvgIpc) is 2.24. The maximum Gasteiger partial charge on any atom is 0.200 e. The molecule has 0 aromatic heterocycles. The minimum Gasteiger partial charge on any atom is -0.292 e. The molecule has 0 fully saturated rings. The van der Waals surface area contributed by atoms with Crippen LogP contribution in [0.15, 0.2) is 0 Å². The fraction of sp³-hybridized carbons (Fsp3) is 0.143. The van der Waals surface area contributed by atoms with Crippen molar-refractivity contribution in [2.75, 3.05) is 0 Å². The van der Waals surface area contributed by atoms with Gasteiger partial charge in [0.1, 0.15) is 6.61 Å². The molecule has 84 valence electrons. The highest BCUT2D eigenvalue weighted by atomic mass is 19.2. The highest BCUT2D eigenvalue weighted by molar-refractivity contribution is 5.23. The Morgan fingerprint density at radius 1 is 0.867 bits per heavy atom. The lowest BCUT2D eigenvalue weighted by atomic mass is 10.2. The smallest absolute Gasteiger partial charge is 0.200 e. The zero-order valence-corrected chi connectivity index (χ0v) is 6.95. The molecule has 0 atom stereocenters. The Kier molecular flexibility index (Phi) is 3.56. The zero-order valence-electron chi connectivity index (χ0n) is 6.95. The number of benzene rings is 1. The summed E-state index contributed by atoms with van der Waals surface area (Å²) in [5.41, 5.74) is -0.121. The first-order valence-electron chi connectivity index (χ1n) is 3.51. The van der Waals surface area contributed by atoms with Gasteiger partial charge in [-0.3, -0.25) is 10.0 Å². The van der Waals surface area contributed by atoms with E-state index < -0.39 is 41.3 Å². The Bertz CT molecular complexity index is 355. The van der Waals surface area contributed by atoms with Crippen LogP contribution in [-0.4, -0.2) is 5.21 Å². The summed E-state index contributed by atoms with van der Waals surface area (Å²) in [7, 11) is 0. The molecule has 0 spiro atoms. The van der Waals surface area contributed by atoms with Gasteiger partial charge < -0.3 is 0 Å². The van der Waals surface area contributed by atoms with E-state index in [4.69, 9.17) is 5.21 Å². The van der Waals surface area contributed by atoms with Gasteiger partial charge in [-0.05, 0) is 0 Å². The SMILES string of the molecule is ONOCc1c(F)c(F)c(F)c(F)c1F. The summed E-state index contributed by atoms with van der Waals surface area (Å²) in [5, 5.41) is 7.92. The zero-order chi connectivity index (χ0) is 11.6. The Labute approximate surface area is 80.0 Å². The topological polar surface area (TPSA) is 41.5 Å². The first-order chi connectivity index (χ1) is 7.00. The lowest BCUT2D eigenvalue weighted by Crippen LogP contribution is -2.13. The van der Waals surface area contributed by atoms with Crippen molar-refractivity contribution in [3.63, 3.8) is 0 Å². The molecule has 0 saturated heterocycles. The third-order valence-electron chi connectivity index (χ3n) is 1.58. The van der Waals surface area contributed by atoms with Crippen molar-refractivity contribution in [2.45, 2.75) is 6.61 Å². The lowest BCUT2D eigenvalue weighted by molar-refractivity contribution is -0.137. The fourth-order valence-electron chi connectivity index (χ4n) is 0.882. The summed E-state index contributed by atoms with van der Waals surface area (Å²) in [6, 6.07) is 0. The van der Waals surface area contributed by atoms with E-state index >= 15 is 0 Å². The van der Waals surface area contributed by atoms with Crippen LogP contribution in [0.1, 0.15) is 5.56 Å². The van der Waals surface area contributed by atoms with Crippen LogP contribution in [0.2, 0.25) is 0 Å². The van der Waals surface area contributed by atoms with E-state index in [9.17, 15) is 22.0 Å². The molecule has 8 heteroatoms. The first kappa shape index (κ1) is 11.8. The number of hydrogen-bond donors (Lipinski definition) is 2. The molecule has 0 saturated carbocycles. The van der Waals surface area contributed by atoms with Gasteiger partial charge in [0, 0.05) is 0 Å². The maximum absolute atomic E-state index is 12.8. The molecule has 0 aliphatic carbocycles. The van der Waals surface area contributed by atoms with Gasteiger partial charge in [-0.15, -0.1) is 0 Å². The lowest BCUT2D eigenvalue weighted by Gasteiger charge is -2.07. The molecule has 0 bridgehead atoms. The second kappa shape index (κ2) is 4.51. The van der Waals surface area contributed by atoms with Crippen molar-refractivity contribution < 1.29 is 32.0 Å². The Balaban J connectivity index is 3.26. The number of hydrogen-bond acceptors (Lipinski definition) is 3. The molecule has 1 aromatic carbocycles. The van der Waals surface area contributed by atoms with E-state index in [2.05, 4.69) is 4.84 Å². The van der Waals surface area contributed by atoms with E-state index in [0.29, 0.717) is 0 Å². The van der Waals surface area contributed by atoms with Crippen LogP contribution in [-0.2, 0) is 11.4 Å².